The number of ether oxygens (including phenoxy) is 1. The minimum atomic E-state index is -0.564. The van der Waals surface area contributed by atoms with Crippen LogP contribution < -0.4 is 20.7 Å². The SMILES string of the molecule is CC.CN1CCC1.COc1nc(N2CC3CCC(C2)N3)c2cnc(-c3nc(N)cc4ccccc34)c(F)c2n1. The molecule has 9 nitrogen and oxygen atoms in total. The van der Waals surface area contributed by atoms with Crippen molar-refractivity contribution in [2.45, 2.75) is 45.2 Å². The van der Waals surface area contributed by atoms with E-state index in [9.17, 15) is 0 Å². The van der Waals surface area contributed by atoms with Crippen molar-refractivity contribution < 1.29 is 9.13 Å². The lowest BCUT2D eigenvalue weighted by atomic mass is 10.1. The molecule has 2 atom stereocenters. The molecular formula is C29H37FN8O. The van der Waals surface area contributed by atoms with E-state index in [1.807, 2.05) is 38.1 Å². The van der Waals surface area contributed by atoms with Crippen LogP contribution in [0.25, 0.3) is 33.1 Å². The van der Waals surface area contributed by atoms with Crippen molar-refractivity contribution >= 4 is 33.3 Å². The third-order valence-electron chi connectivity index (χ3n) is 7.41. The Labute approximate surface area is 228 Å². The average molecular weight is 533 g/mol. The maximum absolute atomic E-state index is 15.9. The van der Waals surface area contributed by atoms with Crippen molar-refractivity contribution in [2.24, 2.45) is 0 Å². The molecule has 3 saturated heterocycles. The Hall–Kier alpha value is -3.63. The van der Waals surface area contributed by atoms with Crippen LogP contribution in [0.3, 0.4) is 0 Å². The van der Waals surface area contributed by atoms with E-state index in [-0.39, 0.29) is 17.2 Å². The van der Waals surface area contributed by atoms with Crippen LogP contribution >= 0.6 is 0 Å². The van der Waals surface area contributed by atoms with Gasteiger partial charge in [-0.15, -0.1) is 0 Å². The van der Waals surface area contributed by atoms with Crippen molar-refractivity contribution in [1.82, 2.24) is 30.2 Å². The zero-order valence-electron chi connectivity index (χ0n) is 23.1. The van der Waals surface area contributed by atoms with Gasteiger partial charge in [0.2, 0.25) is 0 Å². The lowest BCUT2D eigenvalue weighted by Crippen LogP contribution is -2.51. The predicted molar refractivity (Wildman–Crippen MR) is 155 cm³/mol. The Morgan fingerprint density at radius 2 is 1.69 bits per heavy atom. The van der Waals surface area contributed by atoms with Gasteiger partial charge < -0.3 is 25.6 Å². The Bertz CT molecular complexity index is 1450. The lowest BCUT2D eigenvalue weighted by Gasteiger charge is -2.34. The first-order chi connectivity index (χ1) is 19.0. The number of piperazine rings is 1. The number of nitrogens with one attached hydrogen (secondary N) is 1. The zero-order valence-corrected chi connectivity index (χ0v) is 23.1. The van der Waals surface area contributed by atoms with E-state index >= 15 is 4.39 Å². The van der Waals surface area contributed by atoms with Crippen LogP contribution in [0.4, 0.5) is 16.0 Å². The molecule has 39 heavy (non-hydrogen) atoms. The van der Waals surface area contributed by atoms with Gasteiger partial charge in [-0.05, 0) is 50.9 Å². The lowest BCUT2D eigenvalue weighted by molar-refractivity contribution is 0.229. The Balaban J connectivity index is 0.000000391. The van der Waals surface area contributed by atoms with E-state index in [2.05, 4.69) is 42.1 Å². The van der Waals surface area contributed by atoms with Gasteiger partial charge in [0, 0.05) is 36.8 Å². The van der Waals surface area contributed by atoms with Crippen molar-refractivity contribution in [3.05, 3.63) is 42.3 Å². The zero-order chi connectivity index (χ0) is 27.5. The molecule has 7 rings (SSSR count). The van der Waals surface area contributed by atoms with Crippen molar-refractivity contribution in [3.8, 4) is 17.4 Å². The average Bonchev–Trinajstić information content (AvgIpc) is 3.29. The number of nitrogens with zero attached hydrogens (tertiary/aromatic N) is 6. The normalized spacial score (nSPS) is 20.1. The van der Waals surface area contributed by atoms with Crippen molar-refractivity contribution in [1.29, 1.82) is 0 Å². The topological polar surface area (TPSA) is 105 Å². The third-order valence-corrected chi connectivity index (χ3v) is 7.41. The van der Waals surface area contributed by atoms with Gasteiger partial charge >= 0.3 is 6.01 Å². The first-order valence-electron chi connectivity index (χ1n) is 13.8. The number of nitrogens with two attached hydrogens (primary N) is 1. The largest absolute Gasteiger partial charge is 0.467 e. The standard InChI is InChI=1S/C23H22FN7O.C4H9N.C2H6/c1-32-23-29-19-16(22(30-23)31-10-13-6-7-14(11-31)27-13)9-26-21(18(19)24)20-15-5-3-2-4-12(15)8-17(25)28-20;1-5-3-2-4-5;1-2/h2-5,8-9,13-14,27H,6-7,10-11H2,1H3,(H2,25,28);2-4H2,1H3;1-2H3. The molecule has 3 aromatic heterocycles. The summed E-state index contributed by atoms with van der Waals surface area (Å²) in [6.45, 7) is 8.24. The summed E-state index contributed by atoms with van der Waals surface area (Å²) in [6, 6.07) is 10.3. The van der Waals surface area contributed by atoms with E-state index in [0.29, 0.717) is 34.8 Å². The number of anilines is 2. The van der Waals surface area contributed by atoms with Gasteiger partial charge in [0.15, 0.2) is 5.82 Å². The number of hydrogen-bond acceptors (Lipinski definition) is 9. The van der Waals surface area contributed by atoms with E-state index in [0.717, 1.165) is 36.7 Å². The highest BCUT2D eigenvalue weighted by atomic mass is 19.1. The van der Waals surface area contributed by atoms with E-state index in [1.54, 1.807) is 12.3 Å². The number of benzene rings is 1. The van der Waals surface area contributed by atoms with Crippen LogP contribution in [-0.4, -0.2) is 77.3 Å². The predicted octanol–water partition coefficient (Wildman–Crippen LogP) is 4.26. The van der Waals surface area contributed by atoms with Gasteiger partial charge in [0.1, 0.15) is 28.5 Å². The number of likely N-dealkylation sites (tertiary alicyclic amines) is 1. The van der Waals surface area contributed by atoms with Crippen LogP contribution in [0, 0.1) is 5.82 Å². The van der Waals surface area contributed by atoms with Crippen LogP contribution in [0.2, 0.25) is 0 Å². The molecule has 2 bridgehead atoms. The highest BCUT2D eigenvalue weighted by Crippen LogP contribution is 2.35. The molecule has 0 spiro atoms. The molecule has 206 valence electrons. The van der Waals surface area contributed by atoms with E-state index in [4.69, 9.17) is 10.5 Å². The molecule has 3 fully saturated rings. The van der Waals surface area contributed by atoms with Crippen molar-refractivity contribution in [2.75, 3.05) is 51.0 Å². The van der Waals surface area contributed by atoms with Crippen LogP contribution in [-0.2, 0) is 0 Å². The Morgan fingerprint density at radius 3 is 2.33 bits per heavy atom. The van der Waals surface area contributed by atoms with Crippen LogP contribution in [0.5, 0.6) is 6.01 Å². The number of pyridine rings is 2. The second kappa shape index (κ2) is 11.6. The molecule has 3 aliphatic rings. The molecule has 4 aromatic rings. The van der Waals surface area contributed by atoms with Gasteiger partial charge in [-0.2, -0.15) is 9.97 Å². The number of aromatic nitrogens is 4. The second-order valence-corrected chi connectivity index (χ2v) is 10.0. The number of halogens is 1. The minimum absolute atomic E-state index is 0.105. The molecule has 6 heterocycles. The summed E-state index contributed by atoms with van der Waals surface area (Å²) < 4.78 is 21.2. The third kappa shape index (κ3) is 5.44. The molecule has 1 aromatic carbocycles. The molecule has 0 radical (unpaired) electrons. The second-order valence-electron chi connectivity index (χ2n) is 10.0. The van der Waals surface area contributed by atoms with Crippen LogP contribution in [0.1, 0.15) is 33.1 Å². The highest BCUT2D eigenvalue weighted by Gasteiger charge is 2.34. The van der Waals surface area contributed by atoms with Crippen molar-refractivity contribution in [3.63, 3.8) is 0 Å². The summed E-state index contributed by atoms with van der Waals surface area (Å²) in [5.74, 6) is 0.386. The highest BCUT2D eigenvalue weighted by molar-refractivity contribution is 5.98. The Kier molecular flexibility index (Phi) is 8.04. The smallest absolute Gasteiger partial charge is 0.318 e. The summed E-state index contributed by atoms with van der Waals surface area (Å²) >= 11 is 0. The van der Waals surface area contributed by atoms with E-state index in [1.165, 1.54) is 26.6 Å². The quantitative estimate of drug-likeness (QED) is 0.400. The molecule has 10 heteroatoms. The maximum Gasteiger partial charge on any atom is 0.318 e. The molecule has 3 aliphatic heterocycles. The molecule has 0 saturated carbocycles. The monoisotopic (exact) mass is 532 g/mol. The first-order valence-corrected chi connectivity index (χ1v) is 13.8. The molecular weight excluding hydrogens is 495 g/mol. The van der Waals surface area contributed by atoms with Gasteiger partial charge in [0.25, 0.3) is 0 Å². The number of hydrogen-bond donors (Lipinski definition) is 2. The number of nitrogen functional groups attached to an aromatic ring is 1. The molecule has 0 amide bonds. The minimum Gasteiger partial charge on any atom is -0.467 e. The van der Waals surface area contributed by atoms with Gasteiger partial charge in [-0.25, -0.2) is 9.37 Å². The molecule has 3 N–H and O–H groups in total. The summed E-state index contributed by atoms with van der Waals surface area (Å²) in [5, 5.41) is 5.80. The first kappa shape index (κ1) is 27.0. The maximum atomic E-state index is 15.9. The fourth-order valence-corrected chi connectivity index (χ4v) is 5.36. The summed E-state index contributed by atoms with van der Waals surface area (Å²) in [5.41, 5.74) is 6.66. The number of methoxy groups -OCH3 is 1. The van der Waals surface area contributed by atoms with Gasteiger partial charge in [-0.1, -0.05) is 38.1 Å². The fraction of sp³-hybridized carbons (Fsp3) is 0.448. The number of fused-ring (bicyclic) bond motifs is 4. The van der Waals surface area contributed by atoms with Crippen LogP contribution in [0.15, 0.2) is 36.5 Å². The fourth-order valence-electron chi connectivity index (χ4n) is 5.36. The van der Waals surface area contributed by atoms with E-state index < -0.39 is 5.82 Å². The number of rotatable bonds is 3. The summed E-state index contributed by atoms with van der Waals surface area (Å²) in [7, 11) is 3.63. The van der Waals surface area contributed by atoms with Gasteiger partial charge in [-0.3, -0.25) is 4.98 Å². The summed E-state index contributed by atoms with van der Waals surface area (Å²) in [6.07, 6.45) is 5.31. The molecule has 2 unspecified atom stereocenters. The molecule has 0 aliphatic carbocycles. The Morgan fingerprint density at radius 1 is 1.00 bits per heavy atom. The van der Waals surface area contributed by atoms with Gasteiger partial charge in [0.05, 0.1) is 12.5 Å². The summed E-state index contributed by atoms with van der Waals surface area (Å²) in [4.78, 5) is 22.3.